The average Bonchev–Trinajstić information content (AvgIpc) is 2.63. The first-order chi connectivity index (χ1) is 8.49. The van der Waals surface area contributed by atoms with Crippen LogP contribution in [-0.4, -0.2) is 25.7 Å². The van der Waals surface area contributed by atoms with E-state index in [4.69, 9.17) is 23.2 Å². The van der Waals surface area contributed by atoms with Gasteiger partial charge in [-0.1, -0.05) is 23.2 Å². The van der Waals surface area contributed by atoms with Crippen molar-refractivity contribution in [2.75, 3.05) is 5.32 Å². The summed E-state index contributed by atoms with van der Waals surface area (Å²) < 4.78 is 1.55. The van der Waals surface area contributed by atoms with Gasteiger partial charge in [0.2, 0.25) is 0 Å². The number of hydrogen-bond acceptors (Lipinski definition) is 4. The van der Waals surface area contributed by atoms with Crippen molar-refractivity contribution >= 4 is 34.8 Å². The van der Waals surface area contributed by atoms with E-state index in [0.717, 1.165) is 0 Å². The van der Waals surface area contributed by atoms with Gasteiger partial charge in [-0.3, -0.25) is 9.48 Å². The van der Waals surface area contributed by atoms with E-state index < -0.39 is 0 Å². The summed E-state index contributed by atoms with van der Waals surface area (Å²) >= 11 is 11.7. The number of rotatable bonds is 2. The van der Waals surface area contributed by atoms with Crippen molar-refractivity contribution in [1.29, 1.82) is 0 Å². The third-order valence-corrected chi connectivity index (χ3v) is 2.82. The Balaban J connectivity index is 2.30. The maximum atomic E-state index is 12.0. The molecule has 0 aromatic carbocycles. The summed E-state index contributed by atoms with van der Waals surface area (Å²) in [6, 6.07) is 0. The van der Waals surface area contributed by atoms with Crippen molar-refractivity contribution in [3.8, 4) is 0 Å². The second-order valence-corrected chi connectivity index (χ2v) is 4.30. The van der Waals surface area contributed by atoms with Gasteiger partial charge >= 0.3 is 0 Å². The Bertz CT molecular complexity index is 590. The molecule has 1 amide bonds. The fourth-order valence-electron chi connectivity index (χ4n) is 1.45. The Morgan fingerprint density at radius 3 is 2.44 bits per heavy atom. The first kappa shape index (κ1) is 12.8. The fourth-order valence-corrected chi connectivity index (χ4v) is 1.86. The van der Waals surface area contributed by atoms with Crippen molar-refractivity contribution in [2.45, 2.75) is 6.92 Å². The Morgan fingerprint density at radius 2 is 1.94 bits per heavy atom. The molecule has 0 saturated carbocycles. The van der Waals surface area contributed by atoms with Crippen LogP contribution in [0, 0.1) is 6.92 Å². The lowest BCUT2D eigenvalue weighted by Gasteiger charge is -2.06. The summed E-state index contributed by atoms with van der Waals surface area (Å²) in [6.45, 7) is 1.74. The molecular weight excluding hydrogens is 277 g/mol. The van der Waals surface area contributed by atoms with E-state index in [1.54, 1.807) is 24.9 Å². The maximum Gasteiger partial charge on any atom is 0.259 e. The molecule has 0 bridgehead atoms. The highest BCUT2D eigenvalue weighted by molar-refractivity contribution is 6.38. The third-order valence-electron chi connectivity index (χ3n) is 2.25. The van der Waals surface area contributed by atoms with Crippen molar-refractivity contribution < 1.29 is 4.79 Å². The molecular formula is C10H9Cl2N5O. The van der Waals surface area contributed by atoms with Gasteiger partial charge < -0.3 is 5.32 Å². The van der Waals surface area contributed by atoms with Gasteiger partial charge in [-0.25, -0.2) is 9.97 Å². The van der Waals surface area contributed by atoms with Crippen molar-refractivity contribution in [1.82, 2.24) is 19.7 Å². The van der Waals surface area contributed by atoms with Crippen LogP contribution < -0.4 is 5.32 Å². The van der Waals surface area contributed by atoms with E-state index >= 15 is 0 Å². The lowest BCUT2D eigenvalue weighted by molar-refractivity contribution is 0.102. The van der Waals surface area contributed by atoms with Crippen LogP contribution in [0.3, 0.4) is 0 Å². The largest absolute Gasteiger partial charge is 0.317 e. The maximum absolute atomic E-state index is 12.0. The summed E-state index contributed by atoms with van der Waals surface area (Å²) in [5.74, 6) is -0.362. The van der Waals surface area contributed by atoms with Gasteiger partial charge in [0.15, 0.2) is 10.3 Å². The van der Waals surface area contributed by atoms with E-state index in [0.29, 0.717) is 11.3 Å². The summed E-state index contributed by atoms with van der Waals surface area (Å²) in [4.78, 5) is 19.5. The molecule has 2 aromatic heterocycles. The number of carbonyl (C=O) groups is 1. The zero-order valence-electron chi connectivity index (χ0n) is 9.61. The van der Waals surface area contributed by atoms with Crippen LogP contribution in [0.5, 0.6) is 0 Å². The molecule has 8 heteroatoms. The van der Waals surface area contributed by atoms with Crippen molar-refractivity contribution in [2.24, 2.45) is 7.05 Å². The number of amides is 1. The van der Waals surface area contributed by atoms with Crippen molar-refractivity contribution in [3.63, 3.8) is 0 Å². The quantitative estimate of drug-likeness (QED) is 0.858. The Labute approximate surface area is 113 Å². The predicted octanol–water partition coefficient (Wildman–Crippen LogP) is 2.08. The predicted molar refractivity (Wildman–Crippen MR) is 68.0 cm³/mol. The molecule has 0 saturated heterocycles. The highest BCUT2D eigenvalue weighted by Gasteiger charge is 2.16. The number of aryl methyl sites for hydroxylation is 2. The molecule has 0 aliphatic rings. The van der Waals surface area contributed by atoms with E-state index in [-0.39, 0.29) is 21.9 Å². The van der Waals surface area contributed by atoms with Gasteiger partial charge in [0, 0.05) is 13.2 Å². The smallest absolute Gasteiger partial charge is 0.259 e. The molecule has 94 valence electrons. The van der Waals surface area contributed by atoms with Gasteiger partial charge in [-0.05, 0) is 6.92 Å². The van der Waals surface area contributed by atoms with Gasteiger partial charge in [0.25, 0.3) is 5.91 Å². The fraction of sp³-hybridized carbons (Fsp3) is 0.200. The number of nitrogens with zero attached hydrogens (tertiary/aromatic N) is 4. The van der Waals surface area contributed by atoms with Crippen LogP contribution in [0.15, 0.2) is 12.5 Å². The lowest BCUT2D eigenvalue weighted by atomic mass is 10.2. The molecule has 0 atom stereocenters. The first-order valence-corrected chi connectivity index (χ1v) is 5.72. The molecule has 0 spiro atoms. The Morgan fingerprint density at radius 1 is 1.33 bits per heavy atom. The van der Waals surface area contributed by atoms with Gasteiger partial charge in [0.1, 0.15) is 12.0 Å². The topological polar surface area (TPSA) is 72.7 Å². The molecule has 0 unspecified atom stereocenters. The third kappa shape index (κ3) is 2.44. The van der Waals surface area contributed by atoms with Gasteiger partial charge in [0.05, 0.1) is 11.3 Å². The van der Waals surface area contributed by atoms with Gasteiger partial charge in [-0.15, -0.1) is 0 Å². The zero-order chi connectivity index (χ0) is 13.3. The SMILES string of the molecule is Cc1nn(C)cc1C(=O)Nc1c(Cl)ncnc1Cl. The molecule has 2 aromatic rings. The number of aromatic nitrogens is 4. The van der Waals surface area contributed by atoms with E-state index in [9.17, 15) is 4.79 Å². The second kappa shape index (κ2) is 4.91. The zero-order valence-corrected chi connectivity index (χ0v) is 11.1. The Kier molecular flexibility index (Phi) is 3.49. The second-order valence-electron chi connectivity index (χ2n) is 3.59. The first-order valence-electron chi connectivity index (χ1n) is 4.96. The van der Waals surface area contributed by atoms with Crippen LogP contribution in [0.4, 0.5) is 5.69 Å². The molecule has 0 fully saturated rings. The average molecular weight is 286 g/mol. The number of hydrogen-bond donors (Lipinski definition) is 1. The number of halogens is 2. The number of carbonyl (C=O) groups excluding carboxylic acids is 1. The van der Waals surface area contributed by atoms with E-state index in [1.807, 2.05) is 0 Å². The van der Waals surface area contributed by atoms with Crippen LogP contribution >= 0.6 is 23.2 Å². The molecule has 0 aliphatic heterocycles. The number of anilines is 1. The summed E-state index contributed by atoms with van der Waals surface area (Å²) in [6.07, 6.45) is 2.83. The molecule has 2 rings (SSSR count). The van der Waals surface area contributed by atoms with Crippen LogP contribution in [0.25, 0.3) is 0 Å². The van der Waals surface area contributed by atoms with E-state index in [1.165, 1.54) is 6.33 Å². The minimum Gasteiger partial charge on any atom is -0.317 e. The normalized spacial score (nSPS) is 10.4. The standard InChI is InChI=1S/C10H9Cl2N5O/c1-5-6(3-17(2)16-5)10(18)15-7-8(11)13-4-14-9(7)12/h3-4H,1-2H3,(H,15,18). The molecule has 6 nitrogen and oxygen atoms in total. The Hall–Kier alpha value is -1.66. The number of nitrogens with one attached hydrogen (secondary N) is 1. The van der Waals surface area contributed by atoms with Crippen LogP contribution in [0.1, 0.15) is 16.1 Å². The minimum absolute atomic E-state index is 0.0879. The monoisotopic (exact) mass is 285 g/mol. The molecule has 1 N–H and O–H groups in total. The molecule has 0 radical (unpaired) electrons. The molecule has 18 heavy (non-hydrogen) atoms. The van der Waals surface area contributed by atoms with Crippen molar-refractivity contribution in [3.05, 3.63) is 34.1 Å². The molecule has 2 heterocycles. The minimum atomic E-state index is -0.362. The van der Waals surface area contributed by atoms with Crippen LogP contribution in [-0.2, 0) is 7.05 Å². The summed E-state index contributed by atoms with van der Waals surface area (Å²) in [5, 5.41) is 6.82. The highest BCUT2D eigenvalue weighted by atomic mass is 35.5. The summed E-state index contributed by atoms with van der Waals surface area (Å²) in [7, 11) is 1.73. The molecule has 0 aliphatic carbocycles. The van der Waals surface area contributed by atoms with Gasteiger partial charge in [-0.2, -0.15) is 5.10 Å². The lowest BCUT2D eigenvalue weighted by Crippen LogP contribution is -2.13. The van der Waals surface area contributed by atoms with Crippen LogP contribution in [0.2, 0.25) is 10.3 Å². The van der Waals surface area contributed by atoms with E-state index in [2.05, 4.69) is 20.4 Å². The highest BCUT2D eigenvalue weighted by Crippen LogP contribution is 2.26. The summed E-state index contributed by atoms with van der Waals surface area (Å²) in [5.41, 5.74) is 1.24.